The van der Waals surface area contributed by atoms with E-state index in [9.17, 15) is 0 Å². The molecule has 0 N–H and O–H groups in total. The topological polar surface area (TPSA) is 19.1 Å². The Bertz CT molecular complexity index is 5430. The van der Waals surface area contributed by atoms with Gasteiger partial charge in [-0.05, 0) is 216 Å². The highest BCUT2D eigenvalue weighted by Gasteiger charge is 2.43. The maximum Gasteiger partial charge on any atom is 0.256 e. The number of aromatic nitrogens is 2. The summed E-state index contributed by atoms with van der Waals surface area (Å²) >= 11 is 0. The molecule has 14 aromatic rings. The second kappa shape index (κ2) is 23.8. The van der Waals surface area contributed by atoms with Crippen molar-refractivity contribution in [2.75, 3.05) is 0 Å². The van der Waals surface area contributed by atoms with Gasteiger partial charge in [0, 0.05) is 49.9 Å². The first-order chi connectivity index (χ1) is 48.9. The molecule has 0 bridgehead atoms. The van der Waals surface area contributed by atoms with Crippen LogP contribution in [0.1, 0.15) is 184 Å². The molecular weight excluding hydrogens is 1260 g/mol. The number of benzene rings is 12. The second-order valence-corrected chi connectivity index (χ2v) is 37.6. The van der Waals surface area contributed by atoms with Crippen molar-refractivity contribution in [1.29, 1.82) is 0 Å². The van der Waals surface area contributed by atoms with E-state index in [2.05, 4.69) is 385 Å². The zero-order valence-electron chi connectivity index (χ0n) is 65.3. The highest BCUT2D eigenvalue weighted by Crippen LogP contribution is 2.49. The minimum Gasteiger partial charge on any atom is -0.458 e. The van der Waals surface area contributed by atoms with Crippen molar-refractivity contribution >= 4 is 66.7 Å². The molecule has 0 unspecified atom stereocenters. The quantitative estimate of drug-likeness (QED) is 0.146. The minimum atomic E-state index is -0.122. The standard InChI is InChI=1S/C100H101BN2O/c1-94(2,3)70-36-28-60(29-37-70)64-48-65(61-30-38-71(39-31-61)95(4,5)6)51-68(50-64)78-24-22-26-80-81-27-23-25-79(69-52-66(62-32-40-72(41-33-62)96(7,8)9)49-67(53-69)63-34-42-73(43-35-63)97(10,11)12)92(81)102(91(78)80)77-58-87-90-89(59-77)104-88-47-45-75(99(16,17)18)56-84(88)101(90)85-57-76(100(19,20)21)55-83-82-54-74(98(13,14)15)44-46-86(82)103(87)93(83)85/h22-59H,1-21H3. The lowest BCUT2D eigenvalue weighted by Gasteiger charge is -2.35. The summed E-state index contributed by atoms with van der Waals surface area (Å²) in [4.78, 5) is 0. The second-order valence-electron chi connectivity index (χ2n) is 37.6. The molecular formula is C100H101BN2O. The fourth-order valence-corrected chi connectivity index (χ4v) is 16.5. The third kappa shape index (κ3) is 11.8. The molecule has 0 saturated carbocycles. The summed E-state index contributed by atoms with van der Waals surface area (Å²) in [7, 11) is 0. The Morgan fingerprint density at radius 3 is 1.01 bits per heavy atom. The predicted octanol–water partition coefficient (Wildman–Crippen LogP) is 25.9. The molecule has 520 valence electrons. The predicted molar refractivity (Wildman–Crippen MR) is 450 cm³/mol. The summed E-state index contributed by atoms with van der Waals surface area (Å²) in [5, 5.41) is 4.92. The van der Waals surface area contributed by atoms with Crippen molar-refractivity contribution in [3.63, 3.8) is 0 Å². The third-order valence-corrected chi connectivity index (χ3v) is 22.9. The molecule has 0 radical (unpaired) electrons. The van der Waals surface area contributed by atoms with Crippen LogP contribution in [0.25, 0.3) is 122 Å². The van der Waals surface area contributed by atoms with E-state index in [1.54, 1.807) is 0 Å². The summed E-state index contributed by atoms with van der Waals surface area (Å²) in [5.74, 6) is 1.78. The van der Waals surface area contributed by atoms with E-state index in [0.29, 0.717) is 0 Å². The molecule has 0 fully saturated rings. The lowest BCUT2D eigenvalue weighted by Crippen LogP contribution is -2.58. The molecule has 0 spiro atoms. The van der Waals surface area contributed by atoms with Gasteiger partial charge in [0.2, 0.25) is 0 Å². The highest BCUT2D eigenvalue weighted by molar-refractivity contribution is 6.99. The Balaban J connectivity index is 1.04. The summed E-state index contributed by atoms with van der Waals surface area (Å²) in [6, 6.07) is 90.3. The SMILES string of the molecule is CC(C)(C)c1ccc(-c2cc(-c3ccc(C(C)(C)C)cc3)cc(-c3cccc4c5cccc(-c6cc(-c7ccc(C(C)(C)C)cc7)cc(-c7ccc(C(C)(C)C)cc7)c6)c5n(-c5cc6c7c(c5)-n5c8ccc(C(C)(C)C)cc8c8cc(C(C)(C)C)cc(c85)B7c5cc(C(C)(C)C)ccc5O6)c34)c2)cc1. The average Bonchev–Trinajstić information content (AvgIpc) is 1.55. The monoisotopic (exact) mass is 1360 g/mol. The van der Waals surface area contributed by atoms with E-state index in [1.807, 2.05) is 0 Å². The van der Waals surface area contributed by atoms with Crippen LogP contribution in [0.4, 0.5) is 0 Å². The first kappa shape index (κ1) is 68.5. The van der Waals surface area contributed by atoms with Gasteiger partial charge < -0.3 is 13.9 Å². The van der Waals surface area contributed by atoms with Crippen LogP contribution in [0.15, 0.2) is 231 Å². The summed E-state index contributed by atoms with van der Waals surface area (Å²) in [6.07, 6.45) is 0. The molecule has 12 aromatic carbocycles. The summed E-state index contributed by atoms with van der Waals surface area (Å²) in [5.41, 5.74) is 33.6. The van der Waals surface area contributed by atoms with Gasteiger partial charge in [0.05, 0.1) is 22.2 Å². The first-order valence-electron chi connectivity index (χ1n) is 37.9. The average molecular weight is 1360 g/mol. The van der Waals surface area contributed by atoms with Crippen molar-refractivity contribution < 1.29 is 4.74 Å². The molecule has 4 heteroatoms. The minimum absolute atomic E-state index is 0.0102. The van der Waals surface area contributed by atoms with Gasteiger partial charge in [-0.2, -0.15) is 0 Å². The van der Waals surface area contributed by atoms with Crippen molar-refractivity contribution in [3.8, 4) is 89.6 Å². The number of hydrogen-bond donors (Lipinski definition) is 0. The number of fused-ring (bicyclic) bond motifs is 10. The Morgan fingerprint density at radius 2 is 0.606 bits per heavy atom. The van der Waals surface area contributed by atoms with Gasteiger partial charge in [-0.15, -0.1) is 0 Å². The van der Waals surface area contributed by atoms with Crippen LogP contribution in [0, 0.1) is 0 Å². The van der Waals surface area contributed by atoms with E-state index in [4.69, 9.17) is 4.74 Å². The molecule has 104 heavy (non-hydrogen) atoms. The van der Waals surface area contributed by atoms with Crippen LogP contribution in [0.5, 0.6) is 11.5 Å². The molecule has 3 nitrogen and oxygen atoms in total. The molecule has 4 heterocycles. The Hall–Kier alpha value is -9.90. The molecule has 2 aliphatic heterocycles. The molecule has 0 aliphatic carbocycles. The summed E-state index contributed by atoms with van der Waals surface area (Å²) < 4.78 is 13.0. The molecule has 16 rings (SSSR count). The van der Waals surface area contributed by atoms with E-state index in [-0.39, 0.29) is 44.6 Å². The van der Waals surface area contributed by atoms with Gasteiger partial charge >= 0.3 is 0 Å². The van der Waals surface area contributed by atoms with Crippen LogP contribution in [-0.4, -0.2) is 15.8 Å². The Morgan fingerprint density at radius 1 is 0.250 bits per heavy atom. The number of ether oxygens (including phenoxy) is 1. The van der Waals surface area contributed by atoms with Crippen molar-refractivity contribution in [1.82, 2.24) is 9.13 Å². The fraction of sp³-hybridized carbons (Fsp3) is 0.280. The summed E-state index contributed by atoms with van der Waals surface area (Å²) in [6.45, 7) is 48.6. The first-order valence-corrected chi connectivity index (χ1v) is 37.9. The lowest BCUT2D eigenvalue weighted by atomic mass is 9.34. The van der Waals surface area contributed by atoms with Crippen LogP contribution < -0.4 is 21.1 Å². The zero-order chi connectivity index (χ0) is 73.4. The van der Waals surface area contributed by atoms with Crippen molar-refractivity contribution in [3.05, 3.63) is 269 Å². The number of hydrogen-bond acceptors (Lipinski definition) is 1. The largest absolute Gasteiger partial charge is 0.458 e. The highest BCUT2D eigenvalue weighted by atomic mass is 16.5. The Kier molecular flexibility index (Phi) is 15.7. The van der Waals surface area contributed by atoms with E-state index >= 15 is 0 Å². The number of nitrogens with zero attached hydrogens (tertiary/aromatic N) is 2. The molecule has 2 aromatic heterocycles. The van der Waals surface area contributed by atoms with Gasteiger partial charge in [0.25, 0.3) is 6.71 Å². The maximum absolute atomic E-state index is 7.69. The number of rotatable bonds is 7. The van der Waals surface area contributed by atoms with Crippen LogP contribution >= 0.6 is 0 Å². The lowest BCUT2D eigenvalue weighted by molar-refractivity contribution is 0.486. The molecule has 0 atom stereocenters. The van der Waals surface area contributed by atoms with Crippen molar-refractivity contribution in [2.24, 2.45) is 0 Å². The molecule has 2 aliphatic rings. The van der Waals surface area contributed by atoms with Crippen molar-refractivity contribution in [2.45, 2.75) is 183 Å². The van der Waals surface area contributed by atoms with E-state index in [1.165, 1.54) is 132 Å². The number of para-hydroxylation sites is 2. The smallest absolute Gasteiger partial charge is 0.256 e. The molecule has 0 amide bonds. The van der Waals surface area contributed by atoms with Gasteiger partial charge in [0.1, 0.15) is 11.5 Å². The zero-order valence-corrected chi connectivity index (χ0v) is 65.3. The van der Waals surface area contributed by atoms with Crippen LogP contribution in [0.3, 0.4) is 0 Å². The maximum atomic E-state index is 7.69. The van der Waals surface area contributed by atoms with E-state index < -0.39 is 0 Å². The van der Waals surface area contributed by atoms with E-state index in [0.717, 1.165) is 56.2 Å². The van der Waals surface area contributed by atoms with Gasteiger partial charge in [0.15, 0.2) is 0 Å². The molecule has 0 saturated heterocycles. The Labute approximate surface area is 619 Å². The van der Waals surface area contributed by atoms with Crippen LogP contribution in [0.2, 0.25) is 0 Å². The third-order valence-electron chi connectivity index (χ3n) is 22.9. The van der Waals surface area contributed by atoms with Gasteiger partial charge in [-0.1, -0.05) is 303 Å². The van der Waals surface area contributed by atoms with Gasteiger partial charge in [-0.3, -0.25) is 0 Å². The normalized spacial score (nSPS) is 13.5. The van der Waals surface area contributed by atoms with Gasteiger partial charge in [-0.25, -0.2) is 0 Å². The fourth-order valence-electron chi connectivity index (χ4n) is 16.5. The van der Waals surface area contributed by atoms with Crippen LogP contribution in [-0.2, 0) is 37.9 Å².